The van der Waals surface area contributed by atoms with Crippen LogP contribution in [-0.4, -0.2) is 15.8 Å². The second kappa shape index (κ2) is 4.95. The number of Topliss-reactive ketones (excluding diaryl/α,β-unsaturated/α-hetero) is 1. The fourth-order valence-corrected chi connectivity index (χ4v) is 2.61. The molecule has 0 unspecified atom stereocenters. The quantitative estimate of drug-likeness (QED) is 0.910. The van der Waals surface area contributed by atoms with E-state index in [0.29, 0.717) is 17.9 Å². The standard InChI is InChI=1S/C17H19N3O/c1-11-4-6-12(7-5-11)19-16-18-10-13-14(21)8-9-17(2,3)15(13)20-16/h4-7,10H,8-9H2,1-3H3,(H,18,19,20). The Hall–Kier alpha value is -2.23. The first-order chi connectivity index (χ1) is 9.95. The largest absolute Gasteiger partial charge is 0.324 e. The summed E-state index contributed by atoms with van der Waals surface area (Å²) in [6, 6.07) is 8.06. The zero-order valence-corrected chi connectivity index (χ0v) is 12.6. The predicted octanol–water partition coefficient (Wildman–Crippen LogP) is 3.78. The highest BCUT2D eigenvalue weighted by molar-refractivity contribution is 5.98. The molecule has 1 aliphatic carbocycles. The van der Waals surface area contributed by atoms with Crippen LogP contribution in [0.4, 0.5) is 11.6 Å². The average Bonchev–Trinajstić information content (AvgIpc) is 2.46. The molecule has 1 aromatic heterocycles. The normalized spacial score (nSPS) is 16.4. The third-order valence-electron chi connectivity index (χ3n) is 4.01. The molecular formula is C17H19N3O. The number of anilines is 2. The monoisotopic (exact) mass is 281 g/mol. The molecule has 4 nitrogen and oxygen atoms in total. The number of carbonyl (C=O) groups excluding carboxylic acids is 1. The van der Waals surface area contributed by atoms with Crippen LogP contribution in [0.1, 0.15) is 48.3 Å². The Morgan fingerprint density at radius 3 is 2.62 bits per heavy atom. The van der Waals surface area contributed by atoms with Crippen LogP contribution in [0.15, 0.2) is 30.5 Å². The minimum absolute atomic E-state index is 0.0874. The van der Waals surface area contributed by atoms with Crippen molar-refractivity contribution in [3.63, 3.8) is 0 Å². The molecule has 0 bridgehead atoms. The molecule has 0 amide bonds. The van der Waals surface area contributed by atoms with Crippen molar-refractivity contribution in [2.45, 2.75) is 39.0 Å². The number of hydrogen-bond donors (Lipinski definition) is 1. The number of hydrogen-bond acceptors (Lipinski definition) is 4. The molecule has 4 heteroatoms. The van der Waals surface area contributed by atoms with Gasteiger partial charge in [0.1, 0.15) is 0 Å². The molecule has 0 saturated carbocycles. The predicted molar refractivity (Wildman–Crippen MR) is 83.1 cm³/mol. The van der Waals surface area contributed by atoms with Gasteiger partial charge in [-0.25, -0.2) is 9.97 Å². The third kappa shape index (κ3) is 2.66. The molecule has 0 atom stereocenters. The number of ketones is 1. The van der Waals surface area contributed by atoms with Gasteiger partial charge < -0.3 is 5.32 Å². The number of aryl methyl sites for hydroxylation is 1. The lowest BCUT2D eigenvalue weighted by Gasteiger charge is -2.30. The molecule has 1 heterocycles. The van der Waals surface area contributed by atoms with Gasteiger partial charge in [0.05, 0.1) is 11.3 Å². The molecule has 0 aliphatic heterocycles. The molecule has 1 N–H and O–H groups in total. The zero-order chi connectivity index (χ0) is 15.0. The van der Waals surface area contributed by atoms with Crippen molar-refractivity contribution in [1.82, 2.24) is 9.97 Å². The van der Waals surface area contributed by atoms with Gasteiger partial charge in [0.2, 0.25) is 5.95 Å². The second-order valence-electron chi connectivity index (χ2n) is 6.25. The maximum absolute atomic E-state index is 12.0. The summed E-state index contributed by atoms with van der Waals surface area (Å²) in [5.74, 6) is 0.687. The third-order valence-corrected chi connectivity index (χ3v) is 4.01. The van der Waals surface area contributed by atoms with E-state index in [2.05, 4.69) is 29.1 Å². The van der Waals surface area contributed by atoms with E-state index in [-0.39, 0.29) is 11.2 Å². The van der Waals surface area contributed by atoms with E-state index in [9.17, 15) is 4.79 Å². The SMILES string of the molecule is Cc1ccc(Nc2ncc3c(n2)C(C)(C)CCC3=O)cc1. The molecule has 1 aromatic carbocycles. The van der Waals surface area contributed by atoms with Crippen LogP contribution in [0.5, 0.6) is 0 Å². The number of carbonyl (C=O) groups is 1. The van der Waals surface area contributed by atoms with Gasteiger partial charge in [-0.15, -0.1) is 0 Å². The summed E-state index contributed by atoms with van der Waals surface area (Å²) in [4.78, 5) is 20.9. The zero-order valence-electron chi connectivity index (χ0n) is 12.6. The summed E-state index contributed by atoms with van der Waals surface area (Å²) >= 11 is 0. The number of benzene rings is 1. The van der Waals surface area contributed by atoms with Gasteiger partial charge >= 0.3 is 0 Å². The highest BCUT2D eigenvalue weighted by Gasteiger charge is 2.33. The smallest absolute Gasteiger partial charge is 0.227 e. The van der Waals surface area contributed by atoms with Crippen molar-refractivity contribution < 1.29 is 4.79 Å². The minimum atomic E-state index is -0.0874. The minimum Gasteiger partial charge on any atom is -0.324 e. The van der Waals surface area contributed by atoms with E-state index < -0.39 is 0 Å². The van der Waals surface area contributed by atoms with Crippen molar-refractivity contribution in [3.05, 3.63) is 47.3 Å². The molecule has 2 aromatic rings. The van der Waals surface area contributed by atoms with Crippen LogP contribution in [0.2, 0.25) is 0 Å². The summed E-state index contributed by atoms with van der Waals surface area (Å²) in [7, 11) is 0. The Bertz CT molecular complexity index is 690. The van der Waals surface area contributed by atoms with Crippen LogP contribution < -0.4 is 5.32 Å². The number of nitrogens with zero attached hydrogens (tertiary/aromatic N) is 2. The average molecular weight is 281 g/mol. The summed E-state index contributed by atoms with van der Waals surface area (Å²) in [6.45, 7) is 6.30. The highest BCUT2D eigenvalue weighted by atomic mass is 16.1. The summed E-state index contributed by atoms with van der Waals surface area (Å²) in [6.07, 6.45) is 3.07. The second-order valence-corrected chi connectivity index (χ2v) is 6.25. The first-order valence-corrected chi connectivity index (χ1v) is 7.20. The fraction of sp³-hybridized carbons (Fsp3) is 0.353. The molecule has 21 heavy (non-hydrogen) atoms. The topological polar surface area (TPSA) is 54.9 Å². The Morgan fingerprint density at radius 2 is 1.90 bits per heavy atom. The van der Waals surface area contributed by atoms with Crippen LogP contribution in [-0.2, 0) is 5.41 Å². The van der Waals surface area contributed by atoms with Crippen LogP contribution in [0.3, 0.4) is 0 Å². The lowest BCUT2D eigenvalue weighted by atomic mass is 9.76. The Morgan fingerprint density at radius 1 is 1.19 bits per heavy atom. The van der Waals surface area contributed by atoms with E-state index in [4.69, 9.17) is 0 Å². The molecule has 108 valence electrons. The van der Waals surface area contributed by atoms with Crippen molar-refractivity contribution in [2.75, 3.05) is 5.32 Å². The van der Waals surface area contributed by atoms with Gasteiger partial charge in [-0.1, -0.05) is 31.5 Å². The van der Waals surface area contributed by atoms with Crippen LogP contribution >= 0.6 is 0 Å². The lowest BCUT2D eigenvalue weighted by Crippen LogP contribution is -2.29. The van der Waals surface area contributed by atoms with Crippen LogP contribution in [0, 0.1) is 6.92 Å². The van der Waals surface area contributed by atoms with Gasteiger partial charge in [0, 0.05) is 23.7 Å². The maximum Gasteiger partial charge on any atom is 0.227 e. The van der Waals surface area contributed by atoms with Gasteiger partial charge in [0.25, 0.3) is 0 Å². The number of fused-ring (bicyclic) bond motifs is 1. The van der Waals surface area contributed by atoms with Gasteiger partial charge in [-0.2, -0.15) is 0 Å². The van der Waals surface area contributed by atoms with Crippen LogP contribution in [0.25, 0.3) is 0 Å². The van der Waals surface area contributed by atoms with E-state index in [1.165, 1.54) is 5.56 Å². The summed E-state index contributed by atoms with van der Waals surface area (Å²) < 4.78 is 0. The lowest BCUT2D eigenvalue weighted by molar-refractivity contribution is 0.0954. The number of aromatic nitrogens is 2. The van der Waals surface area contributed by atoms with E-state index >= 15 is 0 Å². The number of rotatable bonds is 2. The Kier molecular flexibility index (Phi) is 3.24. The van der Waals surface area contributed by atoms with Crippen molar-refractivity contribution in [1.29, 1.82) is 0 Å². The molecule has 3 rings (SSSR count). The maximum atomic E-state index is 12.0. The summed E-state index contributed by atoms with van der Waals surface area (Å²) in [5.41, 5.74) is 3.58. The Labute approximate surface area is 124 Å². The van der Waals surface area contributed by atoms with Gasteiger partial charge in [0.15, 0.2) is 5.78 Å². The summed E-state index contributed by atoms with van der Waals surface area (Å²) in [5, 5.41) is 3.20. The fourth-order valence-electron chi connectivity index (χ4n) is 2.61. The molecule has 1 aliphatic rings. The van der Waals surface area contributed by atoms with Crippen molar-refractivity contribution in [2.24, 2.45) is 0 Å². The first kappa shape index (κ1) is 13.7. The molecule has 0 fully saturated rings. The molecule has 0 radical (unpaired) electrons. The van der Waals surface area contributed by atoms with E-state index in [0.717, 1.165) is 17.8 Å². The first-order valence-electron chi connectivity index (χ1n) is 7.20. The number of nitrogens with one attached hydrogen (secondary N) is 1. The van der Waals surface area contributed by atoms with E-state index in [1.807, 2.05) is 31.2 Å². The highest BCUT2D eigenvalue weighted by Crippen LogP contribution is 2.35. The Balaban J connectivity index is 1.95. The molecular weight excluding hydrogens is 262 g/mol. The van der Waals surface area contributed by atoms with Gasteiger partial charge in [-0.3, -0.25) is 4.79 Å². The van der Waals surface area contributed by atoms with Crippen molar-refractivity contribution in [3.8, 4) is 0 Å². The van der Waals surface area contributed by atoms with Gasteiger partial charge in [-0.05, 0) is 25.5 Å². The molecule has 0 spiro atoms. The molecule has 0 saturated heterocycles. The van der Waals surface area contributed by atoms with E-state index in [1.54, 1.807) is 6.20 Å². The van der Waals surface area contributed by atoms with Crippen molar-refractivity contribution >= 4 is 17.4 Å².